The zero-order valence-corrected chi connectivity index (χ0v) is 17.4. The monoisotopic (exact) mass is 454 g/mol. The van der Waals surface area contributed by atoms with E-state index in [1.165, 1.54) is 23.1 Å². The van der Waals surface area contributed by atoms with Gasteiger partial charge in [0.05, 0.1) is 17.7 Å². The first-order valence-corrected chi connectivity index (χ1v) is 10.1. The molecule has 1 heterocycles. The summed E-state index contributed by atoms with van der Waals surface area (Å²) in [6.45, 7) is 0.434. The molecule has 2 amide bonds. The smallest absolute Gasteiger partial charge is 0.417 e. The predicted octanol–water partition coefficient (Wildman–Crippen LogP) is 4.54. The van der Waals surface area contributed by atoms with Crippen LogP contribution in [0.4, 0.5) is 13.2 Å². The summed E-state index contributed by atoms with van der Waals surface area (Å²) >= 11 is 5.87. The summed E-state index contributed by atoms with van der Waals surface area (Å²) in [4.78, 5) is 26.1. The van der Waals surface area contributed by atoms with Gasteiger partial charge in [-0.2, -0.15) is 13.2 Å². The molecule has 3 rings (SSSR count). The summed E-state index contributed by atoms with van der Waals surface area (Å²) in [6, 6.07) is 11.3. The summed E-state index contributed by atoms with van der Waals surface area (Å²) < 4.78 is 46.0. The number of hydrogen-bond acceptors (Lipinski definition) is 3. The second kappa shape index (κ2) is 9.18. The third kappa shape index (κ3) is 5.70. The Morgan fingerprint density at radius 3 is 2.45 bits per heavy atom. The summed E-state index contributed by atoms with van der Waals surface area (Å²) in [5, 5.41) is 0.539. The minimum atomic E-state index is -4.65. The highest BCUT2D eigenvalue weighted by atomic mass is 35.5. The molecule has 166 valence electrons. The van der Waals surface area contributed by atoms with Crippen molar-refractivity contribution in [2.75, 3.05) is 19.7 Å². The van der Waals surface area contributed by atoms with Crippen LogP contribution in [0.15, 0.2) is 48.5 Å². The number of benzene rings is 2. The van der Waals surface area contributed by atoms with Crippen molar-refractivity contribution in [3.8, 4) is 5.75 Å². The third-order valence-electron chi connectivity index (χ3n) is 5.32. The first-order valence-electron chi connectivity index (χ1n) is 9.72. The molecule has 1 fully saturated rings. The van der Waals surface area contributed by atoms with Crippen molar-refractivity contribution in [3.05, 3.63) is 64.7 Å². The van der Waals surface area contributed by atoms with Crippen LogP contribution in [-0.4, -0.2) is 36.4 Å². The average Bonchev–Trinajstić information content (AvgIpc) is 2.72. The van der Waals surface area contributed by atoms with E-state index in [-0.39, 0.29) is 26.1 Å². The predicted molar refractivity (Wildman–Crippen MR) is 110 cm³/mol. The lowest BCUT2D eigenvalue weighted by atomic mass is 9.77. The fourth-order valence-corrected chi connectivity index (χ4v) is 4.04. The number of amides is 2. The molecular formula is C22H22ClF3N2O3. The van der Waals surface area contributed by atoms with E-state index >= 15 is 0 Å². The zero-order chi connectivity index (χ0) is 22.6. The van der Waals surface area contributed by atoms with Crippen LogP contribution < -0.4 is 10.5 Å². The lowest BCUT2D eigenvalue weighted by Gasteiger charge is -2.42. The lowest BCUT2D eigenvalue weighted by Crippen LogP contribution is -2.50. The van der Waals surface area contributed by atoms with E-state index in [0.29, 0.717) is 23.6 Å². The molecule has 0 radical (unpaired) electrons. The van der Waals surface area contributed by atoms with E-state index in [1.807, 2.05) is 0 Å². The lowest BCUT2D eigenvalue weighted by molar-refractivity contribution is -0.138. The molecule has 31 heavy (non-hydrogen) atoms. The van der Waals surface area contributed by atoms with Crippen LogP contribution in [0.25, 0.3) is 0 Å². The van der Waals surface area contributed by atoms with Gasteiger partial charge in [0.1, 0.15) is 5.75 Å². The third-order valence-corrected chi connectivity index (χ3v) is 5.57. The molecule has 0 aliphatic carbocycles. The number of alkyl halides is 3. The van der Waals surface area contributed by atoms with Gasteiger partial charge in [-0.25, -0.2) is 0 Å². The number of likely N-dealkylation sites (tertiary alicyclic amines) is 1. The molecule has 0 bridgehead atoms. The fraction of sp³-hybridized carbons (Fsp3) is 0.364. The number of halogens is 4. The number of carbonyl (C=O) groups excluding carboxylic acids is 2. The van der Waals surface area contributed by atoms with Crippen molar-refractivity contribution in [2.45, 2.75) is 25.4 Å². The van der Waals surface area contributed by atoms with Crippen LogP contribution >= 0.6 is 11.6 Å². The normalized spacial score (nSPS) is 19.2. The standard InChI is InChI=1S/C22H22ClF3N2O3/c23-15-6-8-16(9-7-15)31-14-21(12-19(27)29)10-3-11-28(13-21)20(30)17-4-1-2-5-18(17)22(24,25)26/h1-2,4-9H,3,10-14H2,(H2,27,29)/t21-/m0/s1. The molecule has 1 atom stereocenters. The van der Waals surface area contributed by atoms with E-state index < -0.39 is 34.5 Å². The van der Waals surface area contributed by atoms with Crippen LogP contribution in [0, 0.1) is 5.41 Å². The maximum atomic E-state index is 13.4. The second-order valence-electron chi connectivity index (χ2n) is 7.76. The summed E-state index contributed by atoms with van der Waals surface area (Å²) in [5.41, 5.74) is 3.25. The van der Waals surface area contributed by atoms with Crippen LogP contribution in [0.3, 0.4) is 0 Å². The number of nitrogens with zero attached hydrogens (tertiary/aromatic N) is 1. The Morgan fingerprint density at radius 1 is 1.13 bits per heavy atom. The van der Waals surface area contributed by atoms with E-state index in [0.717, 1.165) is 6.07 Å². The Hall–Kier alpha value is -2.74. The molecule has 5 nitrogen and oxygen atoms in total. The quantitative estimate of drug-likeness (QED) is 0.696. The Bertz CT molecular complexity index is 950. The number of piperidine rings is 1. The number of nitrogens with two attached hydrogens (primary N) is 1. The minimum absolute atomic E-state index is 0.0503. The maximum absolute atomic E-state index is 13.4. The topological polar surface area (TPSA) is 72.6 Å². The van der Waals surface area contributed by atoms with Gasteiger partial charge >= 0.3 is 6.18 Å². The van der Waals surface area contributed by atoms with Crippen molar-refractivity contribution in [1.82, 2.24) is 4.90 Å². The van der Waals surface area contributed by atoms with Gasteiger partial charge < -0.3 is 15.4 Å². The highest BCUT2D eigenvalue weighted by Crippen LogP contribution is 2.37. The van der Waals surface area contributed by atoms with Crippen molar-refractivity contribution in [2.24, 2.45) is 11.1 Å². The van der Waals surface area contributed by atoms with Gasteiger partial charge in [0, 0.05) is 29.9 Å². The molecule has 1 aliphatic rings. The van der Waals surface area contributed by atoms with Gasteiger partial charge in [-0.05, 0) is 49.2 Å². The molecule has 2 aromatic rings. The molecular weight excluding hydrogens is 433 g/mol. The van der Waals surface area contributed by atoms with Gasteiger partial charge in [-0.1, -0.05) is 23.7 Å². The Balaban J connectivity index is 1.83. The highest BCUT2D eigenvalue weighted by Gasteiger charge is 2.41. The summed E-state index contributed by atoms with van der Waals surface area (Å²) in [5.74, 6) is -0.767. The first kappa shape index (κ1) is 22.9. The zero-order valence-electron chi connectivity index (χ0n) is 16.6. The Morgan fingerprint density at radius 2 is 1.81 bits per heavy atom. The Labute approximate surface area is 182 Å². The summed E-state index contributed by atoms with van der Waals surface area (Å²) in [6.07, 6.45) is -3.64. The van der Waals surface area contributed by atoms with Crippen molar-refractivity contribution in [1.29, 1.82) is 0 Å². The average molecular weight is 455 g/mol. The molecule has 0 saturated carbocycles. The molecule has 1 aliphatic heterocycles. The largest absolute Gasteiger partial charge is 0.493 e. The first-order chi connectivity index (χ1) is 14.6. The second-order valence-corrected chi connectivity index (χ2v) is 8.20. The van der Waals surface area contributed by atoms with E-state index in [2.05, 4.69) is 0 Å². The van der Waals surface area contributed by atoms with E-state index in [4.69, 9.17) is 22.1 Å². The molecule has 0 spiro atoms. The van der Waals surface area contributed by atoms with E-state index in [9.17, 15) is 22.8 Å². The van der Waals surface area contributed by atoms with E-state index in [1.54, 1.807) is 24.3 Å². The van der Waals surface area contributed by atoms with Crippen LogP contribution in [0.5, 0.6) is 5.75 Å². The van der Waals surface area contributed by atoms with Gasteiger partial charge in [-0.15, -0.1) is 0 Å². The van der Waals surface area contributed by atoms with Gasteiger partial charge in [-0.3, -0.25) is 9.59 Å². The highest BCUT2D eigenvalue weighted by molar-refractivity contribution is 6.30. The molecule has 9 heteroatoms. The fourth-order valence-electron chi connectivity index (χ4n) is 3.92. The maximum Gasteiger partial charge on any atom is 0.417 e. The number of primary amides is 1. The summed E-state index contributed by atoms with van der Waals surface area (Å²) in [7, 11) is 0. The van der Waals surface area contributed by atoms with Gasteiger partial charge in [0.25, 0.3) is 5.91 Å². The SMILES string of the molecule is NC(=O)C[C@@]1(COc2ccc(Cl)cc2)CCCN(C(=O)c2ccccc2C(F)(F)F)C1. The molecule has 2 N–H and O–H groups in total. The van der Waals surface area contributed by atoms with Crippen molar-refractivity contribution < 1.29 is 27.5 Å². The minimum Gasteiger partial charge on any atom is -0.493 e. The van der Waals surface area contributed by atoms with Gasteiger partial charge in [0.2, 0.25) is 5.91 Å². The number of rotatable bonds is 6. The molecule has 0 aromatic heterocycles. The molecule has 0 unspecified atom stereocenters. The van der Waals surface area contributed by atoms with Crippen molar-refractivity contribution >= 4 is 23.4 Å². The number of hydrogen-bond donors (Lipinski definition) is 1. The Kier molecular flexibility index (Phi) is 6.79. The number of carbonyl (C=O) groups is 2. The van der Waals surface area contributed by atoms with Gasteiger partial charge in [0.15, 0.2) is 0 Å². The number of ether oxygens (including phenoxy) is 1. The molecule has 2 aromatic carbocycles. The van der Waals surface area contributed by atoms with Crippen LogP contribution in [-0.2, 0) is 11.0 Å². The van der Waals surface area contributed by atoms with Crippen LogP contribution in [0.1, 0.15) is 35.2 Å². The van der Waals surface area contributed by atoms with Crippen LogP contribution in [0.2, 0.25) is 5.02 Å². The molecule has 1 saturated heterocycles. The van der Waals surface area contributed by atoms with Crippen molar-refractivity contribution in [3.63, 3.8) is 0 Å².